The maximum absolute atomic E-state index is 12.4. The first-order valence-electron chi connectivity index (χ1n) is 10.0. The summed E-state index contributed by atoms with van der Waals surface area (Å²) in [5.74, 6) is 2.63. The minimum absolute atomic E-state index is 0.312. The van der Waals surface area contributed by atoms with E-state index >= 15 is 0 Å². The summed E-state index contributed by atoms with van der Waals surface area (Å²) in [5.41, 5.74) is 0.442. The summed E-state index contributed by atoms with van der Waals surface area (Å²) in [5, 5.41) is 3.90. The Labute approximate surface area is 154 Å². The highest BCUT2D eigenvalue weighted by molar-refractivity contribution is 5.82. The predicted molar refractivity (Wildman–Crippen MR) is 96.7 cm³/mol. The monoisotopic (exact) mass is 359 g/mol. The van der Waals surface area contributed by atoms with Gasteiger partial charge >= 0.3 is 6.01 Å². The lowest BCUT2D eigenvalue weighted by Crippen LogP contribution is -2.56. The Morgan fingerprint density at radius 2 is 2.08 bits per heavy atom. The molecule has 4 fully saturated rings. The Hall–Kier alpha value is -1.63. The Kier molecular flexibility index (Phi) is 3.61. The average Bonchev–Trinajstić information content (AvgIpc) is 3.05. The standard InChI is InChI=1S/C19H29N5O2/c1-4-22(3)17(25)16-14-8-23(9-15(14)16)13-5-6-19(7-13)10-24(11-19)18-20-12(2)21-26-18/h13-16H,4-11H2,1-3H3. The van der Waals surface area contributed by atoms with Crippen LogP contribution in [0.2, 0.25) is 0 Å². The van der Waals surface area contributed by atoms with E-state index in [-0.39, 0.29) is 0 Å². The third-order valence-corrected chi connectivity index (χ3v) is 7.39. The minimum Gasteiger partial charge on any atom is -0.346 e. The molecule has 26 heavy (non-hydrogen) atoms. The lowest BCUT2D eigenvalue weighted by Gasteiger charge is -2.47. The van der Waals surface area contributed by atoms with E-state index in [1.165, 1.54) is 19.3 Å². The molecule has 7 heteroatoms. The zero-order chi connectivity index (χ0) is 18.1. The third kappa shape index (κ3) is 2.47. The lowest BCUT2D eigenvalue weighted by atomic mass is 9.78. The number of nitrogens with zero attached hydrogens (tertiary/aromatic N) is 5. The van der Waals surface area contributed by atoms with Crippen LogP contribution in [0.5, 0.6) is 0 Å². The van der Waals surface area contributed by atoms with E-state index in [1.54, 1.807) is 0 Å². The number of piperidine rings is 1. The summed E-state index contributed by atoms with van der Waals surface area (Å²) in [6.07, 6.45) is 3.88. The highest BCUT2D eigenvalue weighted by Gasteiger charge is 2.61. The van der Waals surface area contributed by atoms with Crippen LogP contribution < -0.4 is 4.90 Å². The number of anilines is 1. The minimum atomic E-state index is 0.312. The molecule has 2 saturated carbocycles. The molecule has 4 aliphatic rings. The number of fused-ring (bicyclic) bond motifs is 1. The second-order valence-corrected chi connectivity index (χ2v) is 9.04. The van der Waals surface area contributed by atoms with Crippen LogP contribution in [0, 0.1) is 30.1 Å². The molecule has 0 bridgehead atoms. The summed E-state index contributed by atoms with van der Waals surface area (Å²) in [4.78, 5) is 23.5. The molecule has 2 aliphatic carbocycles. The molecule has 1 aromatic rings. The van der Waals surface area contributed by atoms with Crippen molar-refractivity contribution in [2.45, 2.75) is 39.2 Å². The van der Waals surface area contributed by atoms with Crippen LogP contribution in [0.1, 0.15) is 32.0 Å². The highest BCUT2D eigenvalue weighted by atomic mass is 16.5. The number of carbonyl (C=O) groups is 1. The third-order valence-electron chi connectivity index (χ3n) is 7.39. The fourth-order valence-electron chi connectivity index (χ4n) is 5.72. The van der Waals surface area contributed by atoms with E-state index in [1.807, 2.05) is 18.9 Å². The van der Waals surface area contributed by atoms with Crippen molar-refractivity contribution in [1.29, 1.82) is 0 Å². The van der Waals surface area contributed by atoms with Crippen LogP contribution in [0.4, 0.5) is 6.01 Å². The van der Waals surface area contributed by atoms with Crippen LogP contribution in [0.3, 0.4) is 0 Å². The Morgan fingerprint density at radius 1 is 1.35 bits per heavy atom. The van der Waals surface area contributed by atoms with Gasteiger partial charge in [0.15, 0.2) is 5.82 Å². The summed E-state index contributed by atoms with van der Waals surface area (Å²) >= 11 is 0. The van der Waals surface area contributed by atoms with Gasteiger partial charge < -0.3 is 14.3 Å². The summed E-state index contributed by atoms with van der Waals surface area (Å²) in [6.45, 7) is 9.10. The zero-order valence-electron chi connectivity index (χ0n) is 16.0. The topological polar surface area (TPSA) is 65.7 Å². The van der Waals surface area contributed by atoms with Crippen LogP contribution in [0.15, 0.2) is 4.52 Å². The molecule has 142 valence electrons. The van der Waals surface area contributed by atoms with Crippen LogP contribution in [-0.2, 0) is 4.79 Å². The number of aryl methyl sites for hydroxylation is 1. The molecule has 2 aliphatic heterocycles. The van der Waals surface area contributed by atoms with Crippen LogP contribution >= 0.6 is 0 Å². The van der Waals surface area contributed by atoms with E-state index in [2.05, 4.69) is 26.9 Å². The molecule has 7 nitrogen and oxygen atoms in total. The van der Waals surface area contributed by atoms with E-state index in [9.17, 15) is 4.79 Å². The zero-order valence-corrected chi connectivity index (χ0v) is 16.0. The second-order valence-electron chi connectivity index (χ2n) is 9.04. The molecule has 0 radical (unpaired) electrons. The van der Waals surface area contributed by atoms with Gasteiger partial charge in [0.25, 0.3) is 0 Å². The summed E-state index contributed by atoms with van der Waals surface area (Å²) in [6, 6.07) is 1.38. The maximum Gasteiger partial charge on any atom is 0.324 e. The molecule has 3 unspecified atom stereocenters. The number of aromatic nitrogens is 2. The fourth-order valence-corrected chi connectivity index (χ4v) is 5.72. The second kappa shape index (κ2) is 5.68. The van der Waals surface area contributed by atoms with E-state index < -0.39 is 0 Å². The summed E-state index contributed by atoms with van der Waals surface area (Å²) in [7, 11) is 1.93. The quantitative estimate of drug-likeness (QED) is 0.809. The number of carbonyl (C=O) groups excluding carboxylic acids is 1. The maximum atomic E-state index is 12.4. The molecule has 0 aromatic carbocycles. The molecular weight excluding hydrogens is 330 g/mol. The van der Waals surface area contributed by atoms with Crippen LogP contribution in [-0.4, -0.2) is 71.7 Å². The van der Waals surface area contributed by atoms with Gasteiger partial charge in [-0.3, -0.25) is 9.69 Å². The Balaban J connectivity index is 1.13. The molecule has 1 spiro atoms. The van der Waals surface area contributed by atoms with Gasteiger partial charge in [-0.05, 0) is 44.9 Å². The Bertz CT molecular complexity index is 701. The molecule has 3 atom stereocenters. The number of likely N-dealkylation sites (tertiary alicyclic amines) is 1. The SMILES string of the molecule is CCN(C)C(=O)C1C2CN(C3CCC4(C3)CN(c3nc(C)no3)C4)CC21. The molecule has 5 rings (SSSR count). The number of rotatable bonds is 4. The van der Waals surface area contributed by atoms with Crippen molar-refractivity contribution in [3.8, 4) is 0 Å². The van der Waals surface area contributed by atoms with Gasteiger partial charge in [-0.2, -0.15) is 4.98 Å². The normalized spacial score (nSPS) is 34.8. The molecule has 3 heterocycles. The molecule has 1 amide bonds. The van der Waals surface area contributed by atoms with Gasteiger partial charge in [-0.15, -0.1) is 0 Å². The Morgan fingerprint density at radius 3 is 2.69 bits per heavy atom. The largest absolute Gasteiger partial charge is 0.346 e. The van der Waals surface area contributed by atoms with Crippen molar-refractivity contribution in [2.24, 2.45) is 23.2 Å². The van der Waals surface area contributed by atoms with E-state index in [0.29, 0.717) is 47.0 Å². The fraction of sp³-hybridized carbons (Fsp3) is 0.842. The van der Waals surface area contributed by atoms with Crippen molar-refractivity contribution in [3.63, 3.8) is 0 Å². The van der Waals surface area contributed by atoms with Crippen molar-refractivity contribution in [3.05, 3.63) is 5.82 Å². The van der Waals surface area contributed by atoms with Crippen LogP contribution in [0.25, 0.3) is 0 Å². The first-order valence-corrected chi connectivity index (χ1v) is 10.0. The smallest absolute Gasteiger partial charge is 0.324 e. The molecular formula is C19H29N5O2. The van der Waals surface area contributed by atoms with Gasteiger partial charge in [0.2, 0.25) is 5.91 Å². The van der Waals surface area contributed by atoms with Gasteiger partial charge in [-0.1, -0.05) is 5.16 Å². The van der Waals surface area contributed by atoms with Gasteiger partial charge in [0.1, 0.15) is 0 Å². The van der Waals surface area contributed by atoms with Crippen molar-refractivity contribution >= 4 is 11.9 Å². The first kappa shape index (κ1) is 16.5. The van der Waals surface area contributed by atoms with Crippen molar-refractivity contribution < 1.29 is 9.32 Å². The molecule has 2 saturated heterocycles. The lowest BCUT2D eigenvalue weighted by molar-refractivity contribution is -0.132. The predicted octanol–water partition coefficient (Wildman–Crippen LogP) is 1.39. The highest BCUT2D eigenvalue weighted by Crippen LogP contribution is 2.55. The van der Waals surface area contributed by atoms with Gasteiger partial charge in [0, 0.05) is 57.1 Å². The number of amides is 1. The molecule has 0 N–H and O–H groups in total. The average molecular weight is 359 g/mol. The van der Waals surface area contributed by atoms with Gasteiger partial charge in [0.05, 0.1) is 0 Å². The van der Waals surface area contributed by atoms with Gasteiger partial charge in [-0.25, -0.2) is 0 Å². The van der Waals surface area contributed by atoms with E-state index in [0.717, 1.165) is 32.7 Å². The number of hydrogen-bond donors (Lipinski definition) is 0. The van der Waals surface area contributed by atoms with E-state index in [4.69, 9.17) is 4.52 Å². The summed E-state index contributed by atoms with van der Waals surface area (Å²) < 4.78 is 5.30. The number of hydrogen-bond acceptors (Lipinski definition) is 6. The first-order chi connectivity index (χ1) is 12.5. The van der Waals surface area contributed by atoms with Crippen molar-refractivity contribution in [1.82, 2.24) is 19.9 Å². The molecule has 1 aromatic heterocycles. The van der Waals surface area contributed by atoms with Crippen molar-refractivity contribution in [2.75, 3.05) is 44.7 Å².